The summed E-state index contributed by atoms with van der Waals surface area (Å²) in [6.07, 6.45) is 2.83. The Bertz CT molecular complexity index is 460. The number of methoxy groups -OCH3 is 2. The first-order valence-corrected chi connectivity index (χ1v) is 5.03. The minimum Gasteiger partial charge on any atom is -0.496 e. The van der Waals surface area contributed by atoms with Gasteiger partial charge in [-0.1, -0.05) is 0 Å². The summed E-state index contributed by atoms with van der Waals surface area (Å²) in [6.45, 7) is 1.48. The Labute approximate surface area is 99.8 Å². The molecule has 0 radical (unpaired) electrons. The summed E-state index contributed by atoms with van der Waals surface area (Å²) in [4.78, 5) is 22.2. The summed E-state index contributed by atoms with van der Waals surface area (Å²) in [5.41, 5.74) is 1.22. The van der Waals surface area contributed by atoms with Crippen molar-refractivity contribution in [3.8, 4) is 5.75 Å². The molecule has 0 heterocycles. The van der Waals surface area contributed by atoms with Crippen LogP contribution in [0.5, 0.6) is 5.75 Å². The van der Waals surface area contributed by atoms with Crippen LogP contribution in [-0.2, 0) is 9.53 Å². The Morgan fingerprint density at radius 3 is 2.47 bits per heavy atom. The summed E-state index contributed by atoms with van der Waals surface area (Å²) >= 11 is 0. The van der Waals surface area contributed by atoms with Gasteiger partial charge in [0.15, 0.2) is 5.78 Å². The molecule has 4 heteroatoms. The van der Waals surface area contributed by atoms with Crippen molar-refractivity contribution in [1.29, 1.82) is 0 Å². The summed E-state index contributed by atoms with van der Waals surface area (Å²) in [6, 6.07) is 5.03. The summed E-state index contributed by atoms with van der Waals surface area (Å²) < 4.78 is 9.62. The van der Waals surface area contributed by atoms with Crippen LogP contribution in [0.1, 0.15) is 22.8 Å². The molecule has 0 aliphatic heterocycles. The van der Waals surface area contributed by atoms with E-state index in [4.69, 9.17) is 4.74 Å². The Morgan fingerprint density at radius 2 is 1.94 bits per heavy atom. The van der Waals surface area contributed by atoms with Crippen molar-refractivity contribution in [1.82, 2.24) is 0 Å². The van der Waals surface area contributed by atoms with E-state index in [9.17, 15) is 9.59 Å². The fourth-order valence-electron chi connectivity index (χ4n) is 1.31. The van der Waals surface area contributed by atoms with Crippen LogP contribution in [0, 0.1) is 0 Å². The Balaban J connectivity index is 3.10. The summed E-state index contributed by atoms with van der Waals surface area (Å²) in [7, 11) is 2.83. The number of ether oxygens (including phenoxy) is 2. The lowest BCUT2D eigenvalue weighted by Gasteiger charge is -2.06. The van der Waals surface area contributed by atoms with Gasteiger partial charge < -0.3 is 9.47 Å². The molecular formula is C13H14O4. The molecule has 90 valence electrons. The SMILES string of the molecule is COC(=O)C=Cc1cc(C(C)=O)ccc1OC. The molecule has 0 N–H and O–H groups in total. The highest BCUT2D eigenvalue weighted by Gasteiger charge is 2.05. The van der Waals surface area contributed by atoms with E-state index in [1.54, 1.807) is 24.3 Å². The van der Waals surface area contributed by atoms with Crippen LogP contribution in [0.15, 0.2) is 24.3 Å². The van der Waals surface area contributed by atoms with Crippen molar-refractivity contribution in [2.24, 2.45) is 0 Å². The van der Waals surface area contributed by atoms with Crippen molar-refractivity contribution in [2.75, 3.05) is 14.2 Å². The third-order valence-electron chi connectivity index (χ3n) is 2.24. The number of ketones is 1. The smallest absolute Gasteiger partial charge is 0.330 e. The lowest BCUT2D eigenvalue weighted by Crippen LogP contribution is -1.96. The van der Waals surface area contributed by atoms with Gasteiger partial charge in [0.1, 0.15) is 5.75 Å². The number of hydrogen-bond acceptors (Lipinski definition) is 4. The number of carbonyl (C=O) groups excluding carboxylic acids is 2. The zero-order valence-corrected chi connectivity index (χ0v) is 10.0. The van der Waals surface area contributed by atoms with Crippen molar-refractivity contribution < 1.29 is 19.1 Å². The minimum absolute atomic E-state index is 0.0413. The lowest BCUT2D eigenvalue weighted by atomic mass is 10.1. The molecule has 0 amide bonds. The largest absolute Gasteiger partial charge is 0.496 e. The van der Waals surface area contributed by atoms with Crippen molar-refractivity contribution in [3.05, 3.63) is 35.4 Å². The van der Waals surface area contributed by atoms with E-state index in [0.29, 0.717) is 16.9 Å². The third-order valence-corrected chi connectivity index (χ3v) is 2.24. The molecule has 0 bridgehead atoms. The molecule has 1 rings (SSSR count). The summed E-state index contributed by atoms with van der Waals surface area (Å²) in [5, 5.41) is 0. The highest BCUT2D eigenvalue weighted by molar-refractivity contribution is 5.95. The van der Waals surface area contributed by atoms with E-state index in [2.05, 4.69) is 4.74 Å². The van der Waals surface area contributed by atoms with Crippen LogP contribution in [0.2, 0.25) is 0 Å². The molecular weight excluding hydrogens is 220 g/mol. The number of hydrogen-bond donors (Lipinski definition) is 0. The van der Waals surface area contributed by atoms with Crippen LogP contribution in [0.4, 0.5) is 0 Å². The van der Waals surface area contributed by atoms with Gasteiger partial charge >= 0.3 is 5.97 Å². The zero-order chi connectivity index (χ0) is 12.8. The molecule has 0 aliphatic rings. The average Bonchev–Trinajstić information content (AvgIpc) is 2.35. The molecule has 0 spiro atoms. The molecule has 0 saturated heterocycles. The fourth-order valence-corrected chi connectivity index (χ4v) is 1.31. The van der Waals surface area contributed by atoms with Gasteiger partial charge in [0.25, 0.3) is 0 Å². The fraction of sp³-hybridized carbons (Fsp3) is 0.231. The maximum absolute atomic E-state index is 11.2. The first-order valence-electron chi connectivity index (χ1n) is 5.03. The number of esters is 1. The second kappa shape index (κ2) is 5.84. The van der Waals surface area contributed by atoms with Gasteiger partial charge in [-0.15, -0.1) is 0 Å². The first kappa shape index (κ1) is 13.0. The monoisotopic (exact) mass is 234 g/mol. The van der Waals surface area contributed by atoms with E-state index in [1.807, 2.05) is 0 Å². The Kier molecular flexibility index (Phi) is 4.46. The van der Waals surface area contributed by atoms with Crippen LogP contribution in [-0.4, -0.2) is 26.0 Å². The highest BCUT2D eigenvalue weighted by atomic mass is 16.5. The first-order chi connectivity index (χ1) is 8.08. The summed E-state index contributed by atoms with van der Waals surface area (Å²) in [5.74, 6) is 0.0933. The van der Waals surface area contributed by atoms with Crippen molar-refractivity contribution >= 4 is 17.8 Å². The van der Waals surface area contributed by atoms with Gasteiger partial charge in [-0.25, -0.2) is 4.79 Å². The van der Waals surface area contributed by atoms with Gasteiger partial charge in [0.05, 0.1) is 14.2 Å². The van der Waals surface area contributed by atoms with Gasteiger partial charge in [-0.05, 0) is 31.2 Å². The molecule has 4 nitrogen and oxygen atoms in total. The number of benzene rings is 1. The second-order valence-electron chi connectivity index (χ2n) is 3.37. The van der Waals surface area contributed by atoms with Crippen LogP contribution < -0.4 is 4.74 Å². The molecule has 17 heavy (non-hydrogen) atoms. The van der Waals surface area contributed by atoms with Gasteiger partial charge in [0.2, 0.25) is 0 Å². The van der Waals surface area contributed by atoms with Crippen molar-refractivity contribution in [2.45, 2.75) is 6.92 Å². The van der Waals surface area contributed by atoms with E-state index in [1.165, 1.54) is 27.2 Å². The predicted molar refractivity (Wildman–Crippen MR) is 64.0 cm³/mol. The standard InChI is InChI=1S/C13H14O4/c1-9(14)10-4-6-12(16-2)11(8-10)5-7-13(15)17-3/h4-8H,1-3H3. The van der Waals surface area contributed by atoms with E-state index in [-0.39, 0.29) is 5.78 Å². The molecule has 0 aliphatic carbocycles. The van der Waals surface area contributed by atoms with Crippen LogP contribution >= 0.6 is 0 Å². The highest BCUT2D eigenvalue weighted by Crippen LogP contribution is 2.21. The van der Waals surface area contributed by atoms with E-state index in [0.717, 1.165) is 0 Å². The van der Waals surface area contributed by atoms with Gasteiger partial charge in [-0.3, -0.25) is 4.79 Å². The van der Waals surface area contributed by atoms with Gasteiger partial charge in [-0.2, -0.15) is 0 Å². The molecule has 0 aromatic heterocycles. The number of Topliss-reactive ketones (excluding diaryl/α,β-unsaturated/α-hetero) is 1. The quantitative estimate of drug-likeness (QED) is 0.454. The van der Waals surface area contributed by atoms with Gasteiger partial charge in [0, 0.05) is 17.2 Å². The van der Waals surface area contributed by atoms with Crippen LogP contribution in [0.25, 0.3) is 6.08 Å². The lowest BCUT2D eigenvalue weighted by molar-refractivity contribution is -0.134. The van der Waals surface area contributed by atoms with E-state index < -0.39 is 5.97 Å². The molecule has 1 aromatic rings. The molecule has 0 atom stereocenters. The number of carbonyl (C=O) groups is 2. The van der Waals surface area contributed by atoms with E-state index >= 15 is 0 Å². The zero-order valence-electron chi connectivity index (χ0n) is 10.0. The maximum Gasteiger partial charge on any atom is 0.330 e. The molecule has 0 fully saturated rings. The Hall–Kier alpha value is -2.10. The van der Waals surface area contributed by atoms with Crippen molar-refractivity contribution in [3.63, 3.8) is 0 Å². The molecule has 1 aromatic carbocycles. The second-order valence-corrected chi connectivity index (χ2v) is 3.37. The topological polar surface area (TPSA) is 52.6 Å². The third kappa shape index (κ3) is 3.45. The van der Waals surface area contributed by atoms with Crippen LogP contribution in [0.3, 0.4) is 0 Å². The molecule has 0 unspecified atom stereocenters. The predicted octanol–water partition coefficient (Wildman–Crippen LogP) is 2.08. The minimum atomic E-state index is -0.458. The normalized spacial score (nSPS) is 10.3. The molecule has 0 saturated carbocycles. The average molecular weight is 234 g/mol. The maximum atomic E-state index is 11.2. The Morgan fingerprint density at radius 1 is 1.24 bits per heavy atom. The number of rotatable bonds is 4.